The van der Waals surface area contributed by atoms with Gasteiger partial charge in [-0.25, -0.2) is 0 Å². The zero-order valence-corrected chi connectivity index (χ0v) is 14.2. The van der Waals surface area contributed by atoms with Gasteiger partial charge in [0.2, 0.25) is 0 Å². The first kappa shape index (κ1) is 15.8. The summed E-state index contributed by atoms with van der Waals surface area (Å²) in [5, 5.41) is 0. The Morgan fingerprint density at radius 3 is 2.60 bits per heavy atom. The molecule has 0 aromatic heterocycles. The summed E-state index contributed by atoms with van der Waals surface area (Å²) in [6, 6.07) is 6.17. The predicted molar refractivity (Wildman–Crippen MR) is 87.3 cm³/mol. The number of hydrogen-bond donors (Lipinski definition) is 1. The molecule has 0 radical (unpaired) electrons. The van der Waals surface area contributed by atoms with Gasteiger partial charge in [0.15, 0.2) is 0 Å². The number of halogens is 1. The second kappa shape index (κ2) is 6.46. The summed E-state index contributed by atoms with van der Waals surface area (Å²) in [6.07, 6.45) is 3.43. The molecule has 1 heterocycles. The molecule has 0 amide bonds. The molecule has 2 N–H and O–H groups in total. The van der Waals surface area contributed by atoms with Gasteiger partial charge >= 0.3 is 0 Å². The lowest BCUT2D eigenvalue weighted by Gasteiger charge is -2.40. The molecular formula is C16H25BrN2O. The standard InChI is InChI=1S/C16H25BrN2O/c1-16(2,19-8-4-5-9-19)15(18)11-12-10-13(20-3)6-7-14(12)17/h6-7,10,15H,4-5,8-9,11,18H2,1-3H3. The Labute approximate surface area is 130 Å². The normalized spacial score (nSPS) is 18.2. The summed E-state index contributed by atoms with van der Waals surface area (Å²) in [6.45, 7) is 6.86. The number of likely N-dealkylation sites (tertiary alicyclic amines) is 1. The van der Waals surface area contributed by atoms with Gasteiger partial charge in [-0.2, -0.15) is 0 Å². The summed E-state index contributed by atoms with van der Waals surface area (Å²) >= 11 is 3.61. The first-order chi connectivity index (χ1) is 9.45. The number of rotatable bonds is 5. The van der Waals surface area contributed by atoms with Gasteiger partial charge in [0.25, 0.3) is 0 Å². The molecule has 1 fully saturated rings. The summed E-state index contributed by atoms with van der Waals surface area (Å²) in [5.74, 6) is 0.884. The van der Waals surface area contributed by atoms with Crippen molar-refractivity contribution in [2.45, 2.75) is 44.7 Å². The van der Waals surface area contributed by atoms with Crippen LogP contribution < -0.4 is 10.5 Å². The lowest BCUT2D eigenvalue weighted by Crippen LogP contribution is -2.56. The number of nitrogens with two attached hydrogens (primary N) is 1. The van der Waals surface area contributed by atoms with Crippen molar-refractivity contribution in [3.05, 3.63) is 28.2 Å². The molecule has 4 heteroatoms. The van der Waals surface area contributed by atoms with E-state index in [1.807, 2.05) is 12.1 Å². The van der Waals surface area contributed by atoms with E-state index >= 15 is 0 Å². The molecule has 3 nitrogen and oxygen atoms in total. The van der Waals surface area contributed by atoms with Crippen molar-refractivity contribution >= 4 is 15.9 Å². The quantitative estimate of drug-likeness (QED) is 0.894. The Morgan fingerprint density at radius 1 is 1.35 bits per heavy atom. The lowest BCUT2D eigenvalue weighted by atomic mass is 9.88. The predicted octanol–water partition coefficient (Wildman–Crippen LogP) is 3.20. The van der Waals surface area contributed by atoms with Crippen LogP contribution in [0.1, 0.15) is 32.3 Å². The average Bonchev–Trinajstić information content (AvgIpc) is 2.95. The van der Waals surface area contributed by atoms with Gasteiger partial charge in [-0.15, -0.1) is 0 Å². The van der Waals surface area contributed by atoms with E-state index in [1.54, 1.807) is 7.11 Å². The van der Waals surface area contributed by atoms with Crippen molar-refractivity contribution in [3.8, 4) is 5.75 Å². The van der Waals surface area contributed by atoms with Gasteiger partial charge in [0.1, 0.15) is 5.75 Å². The fourth-order valence-corrected chi connectivity index (χ4v) is 3.26. The maximum atomic E-state index is 6.52. The largest absolute Gasteiger partial charge is 0.497 e. The van der Waals surface area contributed by atoms with Crippen molar-refractivity contribution in [1.29, 1.82) is 0 Å². The molecule has 1 aliphatic rings. The van der Waals surface area contributed by atoms with Crippen LogP contribution in [-0.2, 0) is 6.42 Å². The maximum Gasteiger partial charge on any atom is 0.119 e. The molecule has 20 heavy (non-hydrogen) atoms. The van der Waals surface area contributed by atoms with Crippen molar-refractivity contribution in [3.63, 3.8) is 0 Å². The molecule has 2 rings (SSSR count). The molecule has 0 saturated carbocycles. The average molecular weight is 341 g/mol. The van der Waals surface area contributed by atoms with Crippen LogP contribution in [0.4, 0.5) is 0 Å². The van der Waals surface area contributed by atoms with E-state index in [2.05, 4.69) is 40.7 Å². The number of methoxy groups -OCH3 is 1. The summed E-state index contributed by atoms with van der Waals surface area (Å²) in [4.78, 5) is 2.52. The van der Waals surface area contributed by atoms with Gasteiger partial charge < -0.3 is 10.5 Å². The highest BCUT2D eigenvalue weighted by molar-refractivity contribution is 9.10. The summed E-state index contributed by atoms with van der Waals surface area (Å²) in [7, 11) is 1.70. The van der Waals surface area contributed by atoms with E-state index in [0.29, 0.717) is 0 Å². The van der Waals surface area contributed by atoms with Crippen LogP contribution in [0.25, 0.3) is 0 Å². The second-order valence-electron chi connectivity index (χ2n) is 6.12. The molecule has 0 aliphatic carbocycles. The third-order valence-corrected chi connectivity index (χ3v) is 5.29. The monoisotopic (exact) mass is 340 g/mol. The van der Waals surface area contributed by atoms with Crippen LogP contribution in [-0.4, -0.2) is 36.7 Å². The third-order valence-electron chi connectivity index (χ3n) is 4.52. The zero-order valence-electron chi connectivity index (χ0n) is 12.7. The molecule has 1 aromatic carbocycles. The number of ether oxygens (including phenoxy) is 1. The minimum atomic E-state index is 0.0268. The number of hydrogen-bond acceptors (Lipinski definition) is 3. The van der Waals surface area contributed by atoms with Gasteiger partial charge in [-0.1, -0.05) is 15.9 Å². The summed E-state index contributed by atoms with van der Waals surface area (Å²) < 4.78 is 6.41. The molecule has 1 atom stereocenters. The fourth-order valence-electron chi connectivity index (χ4n) is 2.85. The zero-order chi connectivity index (χ0) is 14.8. The third kappa shape index (κ3) is 3.35. The Hall–Kier alpha value is -0.580. The van der Waals surface area contributed by atoms with Gasteiger partial charge in [0, 0.05) is 16.1 Å². The van der Waals surface area contributed by atoms with E-state index in [4.69, 9.17) is 10.5 Å². The number of nitrogens with zero attached hydrogens (tertiary/aromatic N) is 1. The van der Waals surface area contributed by atoms with Crippen molar-refractivity contribution in [1.82, 2.24) is 4.90 Å². The Bertz CT molecular complexity index is 456. The van der Waals surface area contributed by atoms with Crippen molar-refractivity contribution < 1.29 is 4.74 Å². The SMILES string of the molecule is COc1ccc(Br)c(CC(N)C(C)(C)N2CCCC2)c1. The van der Waals surface area contributed by atoms with Crippen LogP contribution in [0.15, 0.2) is 22.7 Å². The first-order valence-corrected chi connectivity index (χ1v) is 8.07. The smallest absolute Gasteiger partial charge is 0.119 e. The Kier molecular flexibility index (Phi) is 5.10. The molecule has 112 valence electrons. The van der Waals surface area contributed by atoms with Crippen LogP contribution in [0.2, 0.25) is 0 Å². The van der Waals surface area contributed by atoms with Crippen LogP contribution in [0.5, 0.6) is 5.75 Å². The highest BCUT2D eigenvalue weighted by Crippen LogP contribution is 2.28. The molecule has 0 spiro atoms. The minimum absolute atomic E-state index is 0.0268. The first-order valence-electron chi connectivity index (χ1n) is 7.28. The van der Waals surface area contributed by atoms with Gasteiger partial charge in [-0.3, -0.25) is 4.90 Å². The highest BCUT2D eigenvalue weighted by Gasteiger charge is 2.34. The molecule has 0 bridgehead atoms. The van der Waals surface area contributed by atoms with E-state index in [9.17, 15) is 0 Å². The fraction of sp³-hybridized carbons (Fsp3) is 0.625. The molecule has 1 unspecified atom stereocenters. The van der Waals surface area contributed by atoms with Gasteiger partial charge in [-0.05, 0) is 70.0 Å². The minimum Gasteiger partial charge on any atom is -0.497 e. The Balaban J connectivity index is 2.12. The number of benzene rings is 1. The van der Waals surface area contributed by atoms with Crippen molar-refractivity contribution in [2.75, 3.05) is 20.2 Å². The summed E-state index contributed by atoms with van der Waals surface area (Å²) in [5.41, 5.74) is 7.76. The maximum absolute atomic E-state index is 6.52. The Morgan fingerprint density at radius 2 is 2.00 bits per heavy atom. The molecule has 1 saturated heterocycles. The van der Waals surface area contributed by atoms with E-state index in [1.165, 1.54) is 31.5 Å². The van der Waals surface area contributed by atoms with Gasteiger partial charge in [0.05, 0.1) is 7.11 Å². The van der Waals surface area contributed by atoms with Crippen LogP contribution in [0.3, 0.4) is 0 Å². The van der Waals surface area contributed by atoms with E-state index in [0.717, 1.165) is 16.6 Å². The van der Waals surface area contributed by atoms with Crippen LogP contribution in [0, 0.1) is 0 Å². The molecular weight excluding hydrogens is 316 g/mol. The van der Waals surface area contributed by atoms with Crippen LogP contribution >= 0.6 is 15.9 Å². The lowest BCUT2D eigenvalue weighted by molar-refractivity contribution is 0.123. The second-order valence-corrected chi connectivity index (χ2v) is 6.97. The van der Waals surface area contributed by atoms with E-state index < -0.39 is 0 Å². The molecule has 1 aliphatic heterocycles. The highest BCUT2D eigenvalue weighted by atomic mass is 79.9. The molecule has 1 aromatic rings. The van der Waals surface area contributed by atoms with E-state index in [-0.39, 0.29) is 11.6 Å². The van der Waals surface area contributed by atoms with Crippen molar-refractivity contribution in [2.24, 2.45) is 5.73 Å². The topological polar surface area (TPSA) is 38.5 Å².